The number of carbonyl (C=O) groups is 2. The van der Waals surface area contributed by atoms with Crippen LogP contribution in [0.1, 0.15) is 37.0 Å². The Morgan fingerprint density at radius 2 is 1.68 bits per heavy atom. The zero-order valence-corrected chi connectivity index (χ0v) is 27.7. The van der Waals surface area contributed by atoms with E-state index in [0.29, 0.717) is 13.1 Å². The van der Waals surface area contributed by atoms with Crippen LogP contribution in [0, 0.1) is 28.6 Å². The van der Waals surface area contributed by atoms with Gasteiger partial charge in [-0.2, -0.15) is 0 Å². The molecule has 15 atom stereocenters. The average Bonchev–Trinajstić information content (AvgIpc) is 3.39. The number of piperidine rings is 1. The number of carbonyl (C=O) groups excluding carboxylic acids is 2. The Bertz CT molecular complexity index is 1410. The van der Waals surface area contributed by atoms with Gasteiger partial charge < -0.3 is 48.8 Å². The molecular formula is C34H47NO12. The Kier molecular flexibility index (Phi) is 7.72. The first-order chi connectivity index (χ1) is 22.3. The highest BCUT2D eigenvalue weighted by Crippen LogP contribution is 2.81. The van der Waals surface area contributed by atoms with Crippen molar-refractivity contribution in [3.63, 3.8) is 0 Å². The van der Waals surface area contributed by atoms with Crippen molar-refractivity contribution in [2.24, 2.45) is 28.6 Å². The standard InChI is InChI=1S/C34H47NO12/c1-7-35-15-30(16-42-3)19(37)13-20(43-4)33-23(30)22(44-5)21(25(33)35)34(47-17(2)36)24-27(46-29(39)18-11-9-8-10-12-18)31(40,14-32(24,33)41)28(45-6)26(34)38/h8-12,19-28,37-38,40-41H,7,13-16H2,1-6H3/t19-,20+,21+,22-,23-,24-,25-,26+,27+,28+,30+,31-,32-,33-,34+/m1/s1. The Balaban J connectivity index is 1.57. The number of nitrogens with zero attached hydrogens (tertiary/aromatic N) is 1. The lowest BCUT2D eigenvalue weighted by molar-refractivity contribution is -0.355. The molecule has 0 unspecified atom stereocenters. The van der Waals surface area contributed by atoms with E-state index in [1.807, 2.05) is 6.92 Å². The fourth-order valence-corrected chi connectivity index (χ4v) is 12.3. The molecule has 13 nitrogen and oxygen atoms in total. The highest BCUT2D eigenvalue weighted by molar-refractivity contribution is 5.89. The van der Waals surface area contributed by atoms with Crippen LogP contribution in [-0.4, -0.2) is 145 Å². The minimum atomic E-state index is -2.12. The minimum absolute atomic E-state index is 0.119. The molecule has 1 aliphatic heterocycles. The number of benzene rings is 1. The quantitative estimate of drug-likeness (QED) is 0.256. The van der Waals surface area contributed by atoms with Crippen molar-refractivity contribution in [2.75, 3.05) is 48.1 Å². The molecular weight excluding hydrogens is 614 g/mol. The van der Waals surface area contributed by atoms with Gasteiger partial charge in [0.15, 0.2) is 5.60 Å². The van der Waals surface area contributed by atoms with Crippen LogP contribution in [0.3, 0.4) is 0 Å². The maximum absolute atomic E-state index is 13.8. The maximum Gasteiger partial charge on any atom is 0.338 e. The van der Waals surface area contributed by atoms with Crippen LogP contribution in [-0.2, 0) is 33.2 Å². The average molecular weight is 662 g/mol. The molecule has 4 N–H and O–H groups in total. The molecule has 5 aliphatic carbocycles. The Morgan fingerprint density at radius 3 is 2.26 bits per heavy atom. The van der Waals surface area contributed by atoms with E-state index in [-0.39, 0.29) is 18.6 Å². The van der Waals surface area contributed by atoms with E-state index in [1.165, 1.54) is 28.3 Å². The Labute approximate surface area is 274 Å². The second kappa shape index (κ2) is 10.9. The zero-order chi connectivity index (χ0) is 33.9. The summed E-state index contributed by atoms with van der Waals surface area (Å²) in [6, 6.07) is 7.64. The summed E-state index contributed by atoms with van der Waals surface area (Å²) in [7, 11) is 5.94. The van der Waals surface area contributed by atoms with Crippen molar-refractivity contribution in [1.29, 1.82) is 0 Å². The molecule has 1 spiro atoms. The number of aliphatic hydroxyl groups is 4. The lowest BCUT2D eigenvalue weighted by Crippen LogP contribution is -2.85. The van der Waals surface area contributed by atoms with Crippen molar-refractivity contribution < 1.29 is 58.4 Å². The van der Waals surface area contributed by atoms with Gasteiger partial charge in [0.2, 0.25) is 0 Å². The van der Waals surface area contributed by atoms with Gasteiger partial charge in [0.05, 0.1) is 42.0 Å². The smallest absolute Gasteiger partial charge is 0.338 e. The molecule has 260 valence electrons. The molecule has 1 aromatic carbocycles. The summed E-state index contributed by atoms with van der Waals surface area (Å²) in [5.74, 6) is -4.34. The second-order valence-corrected chi connectivity index (χ2v) is 14.6. The van der Waals surface area contributed by atoms with Crippen LogP contribution in [0.4, 0.5) is 0 Å². The van der Waals surface area contributed by atoms with E-state index < -0.39 is 106 Å². The summed E-state index contributed by atoms with van der Waals surface area (Å²) < 4.78 is 36.9. The number of ether oxygens (including phenoxy) is 6. The summed E-state index contributed by atoms with van der Waals surface area (Å²) in [5.41, 5.74) is -8.15. The first-order valence-corrected chi connectivity index (χ1v) is 16.4. The summed E-state index contributed by atoms with van der Waals surface area (Å²) in [4.78, 5) is 29.2. The SMILES string of the molecule is CCN1C[C@]2(COC)[C@H](O)C[C@H](OC)[C@@]34[C@@H]2[C@H](OC)[C@@H]([C@@H]13)[C@@]1(OC(C)=O)[C@@H](O)[C@H](OC)[C@@]2(O)C[C@@]4(O)[C@H]1[C@@H]2OC(=O)c1ccccc1. The van der Waals surface area contributed by atoms with Crippen LogP contribution >= 0.6 is 0 Å². The number of hydrogen-bond donors (Lipinski definition) is 4. The lowest BCUT2D eigenvalue weighted by Gasteiger charge is -2.72. The van der Waals surface area contributed by atoms with Gasteiger partial charge >= 0.3 is 11.9 Å². The van der Waals surface area contributed by atoms with Gasteiger partial charge in [-0.15, -0.1) is 0 Å². The summed E-state index contributed by atoms with van der Waals surface area (Å²) >= 11 is 0. The number of aliphatic hydroxyl groups excluding tert-OH is 2. The fraction of sp³-hybridized carbons (Fsp3) is 0.765. The number of rotatable bonds is 9. The minimum Gasteiger partial charge on any atom is -0.455 e. The monoisotopic (exact) mass is 661 g/mol. The van der Waals surface area contributed by atoms with E-state index in [0.717, 1.165) is 0 Å². The number of fused-ring (bicyclic) bond motifs is 2. The number of methoxy groups -OCH3 is 4. The van der Waals surface area contributed by atoms with Gasteiger partial charge in [-0.05, 0) is 18.7 Å². The van der Waals surface area contributed by atoms with Crippen LogP contribution < -0.4 is 0 Å². The summed E-state index contributed by atoms with van der Waals surface area (Å²) in [6.45, 7) is 4.15. The molecule has 7 bridgehead atoms. The van der Waals surface area contributed by atoms with Crippen molar-refractivity contribution in [3.8, 4) is 0 Å². The summed E-state index contributed by atoms with van der Waals surface area (Å²) in [5, 5.41) is 51.1. The Hall–Kier alpha value is -2.20. The van der Waals surface area contributed by atoms with Crippen molar-refractivity contribution in [1.82, 2.24) is 4.90 Å². The topological polar surface area (TPSA) is 174 Å². The van der Waals surface area contributed by atoms with Crippen LogP contribution in [0.5, 0.6) is 0 Å². The number of esters is 2. The number of likely N-dealkylation sites (tertiary alicyclic amines) is 1. The molecule has 1 heterocycles. The van der Waals surface area contributed by atoms with E-state index in [2.05, 4.69) is 4.90 Å². The third-order valence-electron chi connectivity index (χ3n) is 13.2. The largest absolute Gasteiger partial charge is 0.455 e. The van der Waals surface area contributed by atoms with E-state index in [4.69, 9.17) is 28.4 Å². The molecule has 1 saturated heterocycles. The third-order valence-corrected chi connectivity index (χ3v) is 13.2. The predicted molar refractivity (Wildman–Crippen MR) is 162 cm³/mol. The molecule has 0 aromatic heterocycles. The van der Waals surface area contributed by atoms with Crippen LogP contribution in [0.2, 0.25) is 0 Å². The maximum atomic E-state index is 13.8. The highest BCUT2D eigenvalue weighted by Gasteiger charge is 2.96. The van der Waals surface area contributed by atoms with Gasteiger partial charge in [-0.3, -0.25) is 9.69 Å². The zero-order valence-electron chi connectivity index (χ0n) is 27.7. The number of hydrogen-bond acceptors (Lipinski definition) is 13. The third kappa shape index (κ3) is 3.65. The normalized spacial score (nSPS) is 50.7. The molecule has 13 heteroatoms. The van der Waals surface area contributed by atoms with Gasteiger partial charge in [0.25, 0.3) is 0 Å². The molecule has 6 aliphatic rings. The van der Waals surface area contributed by atoms with Gasteiger partial charge in [-0.25, -0.2) is 4.79 Å². The van der Waals surface area contributed by atoms with Crippen molar-refractivity contribution in [2.45, 2.75) is 86.2 Å². The highest BCUT2D eigenvalue weighted by atomic mass is 16.6. The molecule has 0 radical (unpaired) electrons. The molecule has 6 fully saturated rings. The van der Waals surface area contributed by atoms with Gasteiger partial charge in [-0.1, -0.05) is 25.1 Å². The first kappa shape index (κ1) is 33.3. The Morgan fingerprint density at radius 1 is 0.979 bits per heavy atom. The first-order valence-electron chi connectivity index (χ1n) is 16.4. The van der Waals surface area contributed by atoms with Gasteiger partial charge in [0.1, 0.15) is 23.9 Å². The van der Waals surface area contributed by atoms with Crippen molar-refractivity contribution >= 4 is 11.9 Å². The lowest BCUT2D eigenvalue weighted by atomic mass is 9.40. The predicted octanol–water partition coefficient (Wildman–Crippen LogP) is -0.237. The van der Waals surface area contributed by atoms with E-state index >= 15 is 0 Å². The van der Waals surface area contributed by atoms with E-state index in [9.17, 15) is 30.0 Å². The molecule has 7 rings (SSSR count). The van der Waals surface area contributed by atoms with Gasteiger partial charge in [0, 0.05) is 83.5 Å². The van der Waals surface area contributed by atoms with Crippen LogP contribution in [0.15, 0.2) is 30.3 Å². The summed E-state index contributed by atoms with van der Waals surface area (Å²) in [6.07, 6.45) is -7.38. The molecule has 5 saturated carbocycles. The van der Waals surface area contributed by atoms with Crippen molar-refractivity contribution in [3.05, 3.63) is 35.9 Å². The fourth-order valence-electron chi connectivity index (χ4n) is 12.3. The van der Waals surface area contributed by atoms with Crippen LogP contribution in [0.25, 0.3) is 0 Å². The second-order valence-electron chi connectivity index (χ2n) is 14.6. The van der Waals surface area contributed by atoms with E-state index in [1.54, 1.807) is 37.4 Å². The molecule has 47 heavy (non-hydrogen) atoms. The molecule has 0 amide bonds. The molecule has 1 aromatic rings.